The van der Waals surface area contributed by atoms with Crippen molar-refractivity contribution in [2.45, 2.75) is 20.8 Å². The summed E-state index contributed by atoms with van der Waals surface area (Å²) in [5, 5.41) is 4.39. The molecule has 0 amide bonds. The molecule has 3 rings (SSSR count). The molecule has 0 saturated heterocycles. The maximum absolute atomic E-state index is 5.45. The lowest BCUT2D eigenvalue weighted by Crippen LogP contribution is -2.23. The van der Waals surface area contributed by atoms with Crippen molar-refractivity contribution in [1.82, 2.24) is 9.97 Å². The van der Waals surface area contributed by atoms with E-state index in [1.165, 1.54) is 0 Å². The van der Waals surface area contributed by atoms with E-state index in [4.69, 9.17) is 9.72 Å². The molecule has 1 aromatic heterocycles. The van der Waals surface area contributed by atoms with E-state index in [2.05, 4.69) is 35.1 Å². The molecule has 0 fully saturated rings. The Bertz CT molecular complexity index is 875. The van der Waals surface area contributed by atoms with Crippen molar-refractivity contribution in [3.8, 4) is 5.75 Å². The lowest BCUT2D eigenvalue weighted by Gasteiger charge is -2.22. The van der Waals surface area contributed by atoms with Crippen molar-refractivity contribution in [3.63, 3.8) is 0 Å². The highest BCUT2D eigenvalue weighted by Crippen LogP contribution is 2.30. The summed E-state index contributed by atoms with van der Waals surface area (Å²) in [6.07, 6.45) is 0. The van der Waals surface area contributed by atoms with Gasteiger partial charge in [-0.25, -0.2) is 4.98 Å². The molecule has 0 unspecified atom stereocenters. The zero-order valence-corrected chi connectivity index (χ0v) is 15.2. The van der Waals surface area contributed by atoms with E-state index in [-0.39, 0.29) is 0 Å². The summed E-state index contributed by atoms with van der Waals surface area (Å²) in [5.41, 5.74) is 2.94. The predicted molar refractivity (Wildman–Crippen MR) is 104 cm³/mol. The van der Waals surface area contributed by atoms with Gasteiger partial charge in [-0.2, -0.15) is 4.98 Å². The van der Waals surface area contributed by atoms with Crippen molar-refractivity contribution in [3.05, 3.63) is 48.0 Å². The molecule has 0 saturated carbocycles. The summed E-state index contributed by atoms with van der Waals surface area (Å²) in [7, 11) is 1.67. The molecule has 25 heavy (non-hydrogen) atoms. The first-order valence-electron chi connectivity index (χ1n) is 8.59. The molecule has 130 valence electrons. The number of benzene rings is 2. The van der Waals surface area contributed by atoms with Gasteiger partial charge >= 0.3 is 0 Å². The number of fused-ring (bicyclic) bond motifs is 1. The van der Waals surface area contributed by atoms with Crippen LogP contribution in [0, 0.1) is 6.92 Å². The van der Waals surface area contributed by atoms with Crippen LogP contribution in [0.15, 0.2) is 42.5 Å². The number of rotatable bonds is 6. The van der Waals surface area contributed by atoms with Gasteiger partial charge in [-0.05, 0) is 50.6 Å². The first kappa shape index (κ1) is 17.0. The van der Waals surface area contributed by atoms with Crippen LogP contribution in [0.1, 0.15) is 19.4 Å². The zero-order chi connectivity index (χ0) is 17.8. The maximum Gasteiger partial charge on any atom is 0.229 e. The number of aryl methyl sites for hydroxylation is 1. The summed E-state index contributed by atoms with van der Waals surface area (Å²) in [6, 6.07) is 14.1. The Labute approximate surface area is 148 Å². The molecule has 0 spiro atoms. The van der Waals surface area contributed by atoms with E-state index < -0.39 is 0 Å². The molecular weight excluding hydrogens is 312 g/mol. The third-order valence-electron chi connectivity index (χ3n) is 4.25. The quantitative estimate of drug-likeness (QED) is 0.716. The number of methoxy groups -OCH3 is 1. The number of nitrogens with one attached hydrogen (secondary N) is 1. The summed E-state index contributed by atoms with van der Waals surface area (Å²) in [4.78, 5) is 11.7. The van der Waals surface area contributed by atoms with Gasteiger partial charge in [0.05, 0.1) is 18.3 Å². The maximum atomic E-state index is 5.45. The fourth-order valence-corrected chi connectivity index (χ4v) is 2.92. The van der Waals surface area contributed by atoms with Crippen molar-refractivity contribution in [2.24, 2.45) is 0 Å². The van der Waals surface area contributed by atoms with E-state index in [0.717, 1.165) is 46.8 Å². The van der Waals surface area contributed by atoms with Gasteiger partial charge in [0.1, 0.15) is 11.6 Å². The smallest absolute Gasteiger partial charge is 0.229 e. The first-order valence-corrected chi connectivity index (χ1v) is 8.59. The number of nitrogens with zero attached hydrogens (tertiary/aromatic N) is 3. The molecule has 3 aromatic rings. The van der Waals surface area contributed by atoms with Crippen LogP contribution in [0.3, 0.4) is 0 Å². The van der Waals surface area contributed by atoms with E-state index in [1.807, 2.05) is 43.3 Å². The van der Waals surface area contributed by atoms with Crippen LogP contribution >= 0.6 is 0 Å². The third kappa shape index (κ3) is 3.50. The van der Waals surface area contributed by atoms with Crippen LogP contribution in [-0.2, 0) is 0 Å². The van der Waals surface area contributed by atoms with E-state index in [1.54, 1.807) is 7.11 Å². The van der Waals surface area contributed by atoms with Crippen molar-refractivity contribution in [2.75, 3.05) is 30.4 Å². The van der Waals surface area contributed by atoms with Crippen molar-refractivity contribution < 1.29 is 4.74 Å². The molecule has 0 atom stereocenters. The summed E-state index contributed by atoms with van der Waals surface area (Å²) in [5.74, 6) is 2.29. The van der Waals surface area contributed by atoms with E-state index in [0.29, 0.717) is 5.95 Å². The Balaban J connectivity index is 2.10. The molecule has 0 aliphatic carbocycles. The van der Waals surface area contributed by atoms with Gasteiger partial charge in [0, 0.05) is 18.5 Å². The number of hydrogen-bond acceptors (Lipinski definition) is 5. The minimum atomic E-state index is 0.574. The minimum Gasteiger partial charge on any atom is -0.495 e. The molecule has 0 bridgehead atoms. The Hall–Kier alpha value is -2.82. The Kier molecular flexibility index (Phi) is 5.03. The van der Waals surface area contributed by atoms with Gasteiger partial charge in [-0.15, -0.1) is 0 Å². The van der Waals surface area contributed by atoms with Crippen LogP contribution in [0.5, 0.6) is 5.75 Å². The number of para-hydroxylation sites is 1. The second-order valence-corrected chi connectivity index (χ2v) is 5.89. The highest BCUT2D eigenvalue weighted by atomic mass is 16.5. The molecular formula is C20H24N4O. The van der Waals surface area contributed by atoms with Gasteiger partial charge in [-0.1, -0.05) is 18.2 Å². The molecule has 0 radical (unpaired) electrons. The Morgan fingerprint density at radius 1 is 1.04 bits per heavy atom. The lowest BCUT2D eigenvalue weighted by molar-refractivity contribution is 0.416. The number of anilines is 3. The fourth-order valence-electron chi connectivity index (χ4n) is 2.92. The monoisotopic (exact) mass is 336 g/mol. The van der Waals surface area contributed by atoms with Crippen LogP contribution in [-0.4, -0.2) is 30.2 Å². The molecule has 5 nitrogen and oxygen atoms in total. The normalized spacial score (nSPS) is 10.7. The first-order chi connectivity index (χ1) is 12.2. The summed E-state index contributed by atoms with van der Waals surface area (Å²) in [6.45, 7) is 8.11. The largest absolute Gasteiger partial charge is 0.495 e. The van der Waals surface area contributed by atoms with Gasteiger partial charge in [0.2, 0.25) is 5.95 Å². The number of ether oxygens (including phenoxy) is 1. The fraction of sp³-hybridized carbons (Fsp3) is 0.300. The van der Waals surface area contributed by atoms with Gasteiger partial charge in [-0.3, -0.25) is 0 Å². The van der Waals surface area contributed by atoms with E-state index >= 15 is 0 Å². The van der Waals surface area contributed by atoms with Crippen LogP contribution in [0.25, 0.3) is 10.9 Å². The van der Waals surface area contributed by atoms with Crippen LogP contribution in [0.4, 0.5) is 17.5 Å². The third-order valence-corrected chi connectivity index (χ3v) is 4.25. The molecule has 5 heteroatoms. The van der Waals surface area contributed by atoms with Crippen LogP contribution < -0.4 is 15.0 Å². The van der Waals surface area contributed by atoms with Crippen LogP contribution in [0.2, 0.25) is 0 Å². The summed E-state index contributed by atoms with van der Waals surface area (Å²) >= 11 is 0. The Morgan fingerprint density at radius 2 is 1.80 bits per heavy atom. The average Bonchev–Trinajstić information content (AvgIpc) is 2.63. The second-order valence-electron chi connectivity index (χ2n) is 5.89. The zero-order valence-electron chi connectivity index (χ0n) is 15.2. The van der Waals surface area contributed by atoms with Gasteiger partial charge in [0.25, 0.3) is 0 Å². The predicted octanol–water partition coefficient (Wildman–Crippen LogP) is 4.54. The number of hydrogen-bond donors (Lipinski definition) is 1. The van der Waals surface area contributed by atoms with Gasteiger partial charge in [0.15, 0.2) is 0 Å². The lowest BCUT2D eigenvalue weighted by atomic mass is 10.2. The van der Waals surface area contributed by atoms with E-state index in [9.17, 15) is 0 Å². The summed E-state index contributed by atoms with van der Waals surface area (Å²) < 4.78 is 5.45. The standard InChI is InChI=1S/C20H24N4O/c1-5-24(6-2)19-15-9-7-8-10-16(15)21-20(23-19)22-17-13-14(3)11-12-18(17)25-4/h7-13H,5-6H2,1-4H3,(H,21,22,23). The topological polar surface area (TPSA) is 50.3 Å². The molecule has 0 aliphatic heterocycles. The Morgan fingerprint density at radius 3 is 2.52 bits per heavy atom. The SMILES string of the molecule is CCN(CC)c1nc(Nc2cc(C)ccc2OC)nc2ccccc12. The number of aromatic nitrogens is 2. The minimum absolute atomic E-state index is 0.574. The van der Waals surface area contributed by atoms with Gasteiger partial charge < -0.3 is 15.0 Å². The highest BCUT2D eigenvalue weighted by Gasteiger charge is 2.13. The average molecular weight is 336 g/mol. The molecule has 2 aromatic carbocycles. The molecule has 1 heterocycles. The molecule has 0 aliphatic rings. The second kappa shape index (κ2) is 7.38. The van der Waals surface area contributed by atoms with Crippen molar-refractivity contribution in [1.29, 1.82) is 0 Å². The highest BCUT2D eigenvalue weighted by molar-refractivity contribution is 5.90. The van der Waals surface area contributed by atoms with Crippen molar-refractivity contribution >= 4 is 28.4 Å². The molecule has 1 N–H and O–H groups in total.